The molecule has 3 aromatic rings. The highest BCUT2D eigenvalue weighted by Crippen LogP contribution is 2.29. The molecular formula is C28H35FN4O4. The van der Waals surface area contributed by atoms with Crippen LogP contribution in [0.1, 0.15) is 35.0 Å². The van der Waals surface area contributed by atoms with Gasteiger partial charge in [0.25, 0.3) is 11.8 Å². The molecule has 0 aliphatic carbocycles. The molecule has 1 fully saturated rings. The average molecular weight is 511 g/mol. The number of carbonyl (C=O) groups is 2. The number of ether oxygens (including phenoxy) is 2. The first-order valence-electron chi connectivity index (χ1n) is 12.8. The van der Waals surface area contributed by atoms with Crippen LogP contribution in [0.2, 0.25) is 0 Å². The minimum absolute atomic E-state index is 0.106. The molecule has 0 unspecified atom stereocenters. The predicted octanol–water partition coefficient (Wildman–Crippen LogP) is 3.26. The second-order valence-corrected chi connectivity index (χ2v) is 9.14. The Hall–Kier alpha value is -3.43. The standard InChI is InChI=1S/C28H35FN4O4/c1-3-33-20(2)27(28(35)30-11-4-12-32-13-15-36-16-14-32)24-17-23(9-10-25(24)33)37-19-26(34)31-18-21-5-7-22(29)8-6-21/h5-10,17H,3-4,11-16,18-19H2,1-2H3,(H,30,35)(H,31,34). The van der Waals surface area contributed by atoms with E-state index in [9.17, 15) is 14.0 Å². The molecule has 4 rings (SSSR count). The maximum Gasteiger partial charge on any atom is 0.258 e. The van der Waals surface area contributed by atoms with Crippen molar-refractivity contribution in [1.82, 2.24) is 20.1 Å². The molecule has 0 saturated carbocycles. The summed E-state index contributed by atoms with van der Waals surface area (Å²) in [6, 6.07) is 11.5. The highest BCUT2D eigenvalue weighted by atomic mass is 19.1. The summed E-state index contributed by atoms with van der Waals surface area (Å²) in [6.45, 7) is 9.79. The van der Waals surface area contributed by atoms with Crippen molar-refractivity contribution in [2.24, 2.45) is 0 Å². The van der Waals surface area contributed by atoms with Crippen LogP contribution in [0, 0.1) is 12.7 Å². The average Bonchev–Trinajstić information content (AvgIpc) is 3.20. The van der Waals surface area contributed by atoms with Crippen LogP contribution in [0.5, 0.6) is 5.75 Å². The normalized spacial score (nSPS) is 14.0. The molecule has 1 aliphatic rings. The van der Waals surface area contributed by atoms with Crippen molar-refractivity contribution in [3.05, 3.63) is 65.1 Å². The third kappa shape index (κ3) is 6.87. The van der Waals surface area contributed by atoms with Crippen LogP contribution in [0.3, 0.4) is 0 Å². The molecule has 0 atom stereocenters. The molecule has 2 aromatic carbocycles. The molecule has 9 heteroatoms. The van der Waals surface area contributed by atoms with E-state index in [4.69, 9.17) is 9.47 Å². The van der Waals surface area contributed by atoms with Crippen molar-refractivity contribution in [3.8, 4) is 5.75 Å². The molecule has 1 aromatic heterocycles. The van der Waals surface area contributed by atoms with Gasteiger partial charge in [0, 0.05) is 49.3 Å². The SMILES string of the molecule is CCn1c(C)c(C(=O)NCCCN2CCOCC2)c2cc(OCC(=O)NCc3ccc(F)cc3)ccc21. The molecule has 8 nitrogen and oxygen atoms in total. The zero-order valence-corrected chi connectivity index (χ0v) is 21.5. The summed E-state index contributed by atoms with van der Waals surface area (Å²) in [5.41, 5.74) is 3.28. The quantitative estimate of drug-likeness (QED) is 0.387. The van der Waals surface area contributed by atoms with Gasteiger partial charge in [-0.2, -0.15) is 0 Å². The lowest BCUT2D eigenvalue weighted by Crippen LogP contribution is -2.38. The summed E-state index contributed by atoms with van der Waals surface area (Å²) < 4.78 is 26.3. The largest absolute Gasteiger partial charge is 0.484 e. The number of nitrogens with one attached hydrogen (secondary N) is 2. The Bertz CT molecular complexity index is 1220. The number of aryl methyl sites for hydroxylation is 1. The molecular weight excluding hydrogens is 475 g/mol. The van der Waals surface area contributed by atoms with E-state index in [0.29, 0.717) is 17.9 Å². The van der Waals surface area contributed by atoms with Crippen molar-refractivity contribution >= 4 is 22.7 Å². The van der Waals surface area contributed by atoms with Gasteiger partial charge in [0.1, 0.15) is 11.6 Å². The topological polar surface area (TPSA) is 84.8 Å². The summed E-state index contributed by atoms with van der Waals surface area (Å²) in [5, 5.41) is 6.64. The van der Waals surface area contributed by atoms with Gasteiger partial charge < -0.3 is 24.7 Å². The van der Waals surface area contributed by atoms with Crippen LogP contribution >= 0.6 is 0 Å². The second kappa shape index (κ2) is 12.7. The van der Waals surface area contributed by atoms with Gasteiger partial charge in [-0.15, -0.1) is 0 Å². The van der Waals surface area contributed by atoms with Crippen molar-refractivity contribution in [3.63, 3.8) is 0 Å². The lowest BCUT2D eigenvalue weighted by atomic mass is 10.1. The molecule has 198 valence electrons. The predicted molar refractivity (Wildman–Crippen MR) is 140 cm³/mol. The first kappa shape index (κ1) is 26.6. The molecule has 0 spiro atoms. The number of fused-ring (bicyclic) bond motifs is 1. The molecule has 2 N–H and O–H groups in total. The Labute approximate surface area is 216 Å². The fourth-order valence-electron chi connectivity index (χ4n) is 4.67. The Morgan fingerprint density at radius 1 is 1.08 bits per heavy atom. The number of benzene rings is 2. The highest BCUT2D eigenvalue weighted by Gasteiger charge is 2.20. The van der Waals surface area contributed by atoms with Crippen LogP contribution in [0.25, 0.3) is 10.9 Å². The third-order valence-electron chi connectivity index (χ3n) is 6.65. The Morgan fingerprint density at radius 2 is 1.84 bits per heavy atom. The molecule has 0 radical (unpaired) electrons. The van der Waals surface area contributed by atoms with Gasteiger partial charge in [0.15, 0.2) is 6.61 Å². The maximum atomic E-state index is 13.2. The number of amides is 2. The number of rotatable bonds is 11. The van der Waals surface area contributed by atoms with Crippen molar-refractivity contribution in [2.45, 2.75) is 33.4 Å². The summed E-state index contributed by atoms with van der Waals surface area (Å²) >= 11 is 0. The molecule has 2 amide bonds. The van der Waals surface area contributed by atoms with E-state index < -0.39 is 0 Å². The Kier molecular flexibility index (Phi) is 9.14. The van der Waals surface area contributed by atoms with E-state index in [1.807, 2.05) is 32.0 Å². The molecule has 1 aliphatic heterocycles. The van der Waals surface area contributed by atoms with E-state index in [1.165, 1.54) is 12.1 Å². The summed E-state index contributed by atoms with van der Waals surface area (Å²) in [4.78, 5) is 27.8. The van der Waals surface area contributed by atoms with Gasteiger partial charge in [-0.1, -0.05) is 12.1 Å². The van der Waals surface area contributed by atoms with E-state index in [2.05, 4.69) is 20.1 Å². The summed E-state index contributed by atoms with van der Waals surface area (Å²) in [5.74, 6) is -0.197. The number of aromatic nitrogens is 1. The van der Waals surface area contributed by atoms with Crippen molar-refractivity contribution < 1.29 is 23.5 Å². The van der Waals surface area contributed by atoms with Crippen molar-refractivity contribution in [2.75, 3.05) is 46.0 Å². The fourth-order valence-corrected chi connectivity index (χ4v) is 4.67. The molecule has 2 heterocycles. The Balaban J connectivity index is 1.37. The Morgan fingerprint density at radius 3 is 2.57 bits per heavy atom. The number of hydrogen-bond acceptors (Lipinski definition) is 5. The minimum atomic E-state index is -0.318. The monoisotopic (exact) mass is 510 g/mol. The number of nitrogens with zero attached hydrogens (tertiary/aromatic N) is 2. The van der Waals surface area contributed by atoms with Gasteiger partial charge in [0.05, 0.1) is 18.8 Å². The zero-order valence-electron chi connectivity index (χ0n) is 21.5. The molecule has 1 saturated heterocycles. The van der Waals surface area contributed by atoms with Crippen molar-refractivity contribution in [1.29, 1.82) is 0 Å². The summed E-state index contributed by atoms with van der Waals surface area (Å²) in [6.07, 6.45) is 0.874. The maximum absolute atomic E-state index is 13.2. The number of carbonyl (C=O) groups excluding carboxylic acids is 2. The van der Waals surface area contributed by atoms with E-state index in [-0.39, 0.29) is 30.8 Å². The van der Waals surface area contributed by atoms with Gasteiger partial charge in [-0.25, -0.2) is 4.39 Å². The van der Waals surface area contributed by atoms with Crippen LogP contribution in [0.15, 0.2) is 42.5 Å². The first-order chi connectivity index (χ1) is 18.0. The first-order valence-corrected chi connectivity index (χ1v) is 12.8. The van der Waals surface area contributed by atoms with Crippen LogP contribution in [0.4, 0.5) is 4.39 Å². The van der Waals surface area contributed by atoms with Crippen LogP contribution < -0.4 is 15.4 Å². The third-order valence-corrected chi connectivity index (χ3v) is 6.65. The summed E-state index contributed by atoms with van der Waals surface area (Å²) in [7, 11) is 0. The zero-order chi connectivity index (χ0) is 26.2. The lowest BCUT2D eigenvalue weighted by molar-refractivity contribution is -0.123. The van der Waals surface area contributed by atoms with E-state index in [1.54, 1.807) is 12.1 Å². The number of morpholine rings is 1. The number of halogens is 1. The van der Waals surface area contributed by atoms with Gasteiger partial charge in [-0.3, -0.25) is 14.5 Å². The van der Waals surface area contributed by atoms with Gasteiger partial charge in [0.2, 0.25) is 0 Å². The van der Waals surface area contributed by atoms with E-state index in [0.717, 1.165) is 68.0 Å². The lowest BCUT2D eigenvalue weighted by Gasteiger charge is -2.26. The smallest absolute Gasteiger partial charge is 0.258 e. The molecule has 0 bridgehead atoms. The second-order valence-electron chi connectivity index (χ2n) is 9.14. The van der Waals surface area contributed by atoms with Gasteiger partial charge >= 0.3 is 0 Å². The van der Waals surface area contributed by atoms with Gasteiger partial charge in [-0.05, 0) is 62.7 Å². The fraction of sp³-hybridized carbons (Fsp3) is 0.429. The minimum Gasteiger partial charge on any atom is -0.484 e. The van der Waals surface area contributed by atoms with Crippen LogP contribution in [-0.2, 0) is 22.6 Å². The van der Waals surface area contributed by atoms with E-state index >= 15 is 0 Å². The van der Waals surface area contributed by atoms with Crippen LogP contribution in [-0.4, -0.2) is 67.3 Å². The number of hydrogen-bond donors (Lipinski definition) is 2. The molecule has 37 heavy (non-hydrogen) atoms. The highest BCUT2D eigenvalue weighted by molar-refractivity contribution is 6.08.